The summed E-state index contributed by atoms with van der Waals surface area (Å²) in [6.45, 7) is 7.36. The molecule has 0 saturated carbocycles. The summed E-state index contributed by atoms with van der Waals surface area (Å²) in [7, 11) is 0. The second kappa shape index (κ2) is 8.15. The van der Waals surface area contributed by atoms with Gasteiger partial charge in [-0.05, 0) is 20.8 Å². The van der Waals surface area contributed by atoms with Crippen molar-refractivity contribution in [1.82, 2.24) is 24.5 Å². The van der Waals surface area contributed by atoms with Gasteiger partial charge in [0.2, 0.25) is 4.96 Å². The number of hydrogen-bond donors (Lipinski definition) is 0. The highest BCUT2D eigenvalue weighted by atomic mass is 32.1. The van der Waals surface area contributed by atoms with Crippen molar-refractivity contribution >= 4 is 33.9 Å². The Bertz CT molecular complexity index is 1240. The summed E-state index contributed by atoms with van der Waals surface area (Å²) in [5, 5.41) is 15.7. The molecule has 12 nitrogen and oxygen atoms in total. The van der Waals surface area contributed by atoms with Gasteiger partial charge >= 0.3 is 6.09 Å². The Hall–Kier alpha value is -3.61. The summed E-state index contributed by atoms with van der Waals surface area (Å²) in [6, 6.07) is 2.75. The molecule has 1 saturated heterocycles. The van der Waals surface area contributed by atoms with Crippen LogP contribution in [-0.2, 0) is 4.74 Å². The Morgan fingerprint density at radius 1 is 1.19 bits per heavy atom. The van der Waals surface area contributed by atoms with Gasteiger partial charge in [-0.1, -0.05) is 11.3 Å². The number of rotatable bonds is 3. The van der Waals surface area contributed by atoms with Crippen molar-refractivity contribution < 1.29 is 14.5 Å². The fourth-order valence-electron chi connectivity index (χ4n) is 3.17. The van der Waals surface area contributed by atoms with Crippen LogP contribution in [0.2, 0.25) is 0 Å². The molecule has 0 aliphatic carbocycles. The summed E-state index contributed by atoms with van der Waals surface area (Å²) in [6.07, 6.45) is 2.24. The number of ether oxygens (including phenoxy) is 1. The zero-order chi connectivity index (χ0) is 23.0. The van der Waals surface area contributed by atoms with E-state index in [4.69, 9.17) is 4.74 Å². The molecule has 0 N–H and O–H groups in total. The van der Waals surface area contributed by atoms with Gasteiger partial charge in [0.15, 0.2) is 0 Å². The summed E-state index contributed by atoms with van der Waals surface area (Å²) in [4.78, 5) is 47.7. The largest absolute Gasteiger partial charge is 0.444 e. The van der Waals surface area contributed by atoms with Gasteiger partial charge in [-0.3, -0.25) is 19.9 Å². The molecule has 0 atom stereocenters. The molecule has 1 amide bonds. The lowest BCUT2D eigenvalue weighted by atomic mass is 10.2. The van der Waals surface area contributed by atoms with Crippen molar-refractivity contribution in [3.63, 3.8) is 0 Å². The van der Waals surface area contributed by atoms with E-state index in [-0.39, 0.29) is 17.3 Å². The van der Waals surface area contributed by atoms with Crippen molar-refractivity contribution in [3.8, 4) is 10.6 Å². The first kappa shape index (κ1) is 21.6. The Morgan fingerprint density at radius 3 is 2.56 bits per heavy atom. The standard InChI is InChI=1S/C19H21N7O5S/c1-19(2,3)31-18(28)24-6-4-23(5-7-24)14-9-15(27)25-17(21-14)32-16(22-25)12-8-13(26(29)30)11-20-10-12/h8-11H,4-7H2,1-3H3. The molecule has 4 heterocycles. The van der Waals surface area contributed by atoms with E-state index in [1.165, 1.54) is 22.8 Å². The number of carbonyl (C=O) groups excluding carboxylic acids is 1. The molecule has 168 valence electrons. The molecule has 3 aromatic heterocycles. The van der Waals surface area contributed by atoms with Gasteiger partial charge < -0.3 is 14.5 Å². The Morgan fingerprint density at radius 2 is 1.91 bits per heavy atom. The number of piperazine rings is 1. The maximum atomic E-state index is 12.6. The van der Waals surface area contributed by atoms with E-state index < -0.39 is 10.5 Å². The number of anilines is 1. The predicted molar refractivity (Wildman–Crippen MR) is 117 cm³/mol. The zero-order valence-electron chi connectivity index (χ0n) is 17.7. The van der Waals surface area contributed by atoms with Gasteiger partial charge in [0.1, 0.15) is 22.6 Å². The number of aromatic nitrogens is 4. The molecule has 1 fully saturated rings. The maximum absolute atomic E-state index is 12.6. The summed E-state index contributed by atoms with van der Waals surface area (Å²) >= 11 is 1.14. The van der Waals surface area contributed by atoms with Gasteiger partial charge in [0.25, 0.3) is 11.2 Å². The minimum Gasteiger partial charge on any atom is -0.444 e. The van der Waals surface area contributed by atoms with Crippen molar-refractivity contribution in [2.24, 2.45) is 0 Å². The molecule has 0 bridgehead atoms. The number of amides is 1. The zero-order valence-corrected chi connectivity index (χ0v) is 18.5. The van der Waals surface area contributed by atoms with Gasteiger partial charge in [0, 0.05) is 50.1 Å². The summed E-state index contributed by atoms with van der Waals surface area (Å²) in [5.74, 6) is 0.492. The Kier molecular flexibility index (Phi) is 5.50. The first-order chi connectivity index (χ1) is 15.1. The van der Waals surface area contributed by atoms with Crippen molar-refractivity contribution in [3.05, 3.63) is 45.0 Å². The van der Waals surface area contributed by atoms with Crippen LogP contribution in [0.1, 0.15) is 20.8 Å². The number of fused-ring (bicyclic) bond motifs is 1. The van der Waals surface area contributed by atoms with Gasteiger partial charge in [0.05, 0.1) is 4.92 Å². The highest BCUT2D eigenvalue weighted by Gasteiger charge is 2.27. The lowest BCUT2D eigenvalue weighted by molar-refractivity contribution is -0.385. The second-order valence-electron chi connectivity index (χ2n) is 8.20. The van der Waals surface area contributed by atoms with Gasteiger partial charge in [-0.2, -0.15) is 9.61 Å². The fourth-order valence-corrected chi connectivity index (χ4v) is 4.05. The van der Waals surface area contributed by atoms with Crippen LogP contribution in [0.5, 0.6) is 0 Å². The minimum atomic E-state index is -0.561. The highest BCUT2D eigenvalue weighted by molar-refractivity contribution is 7.19. The number of pyridine rings is 1. The second-order valence-corrected chi connectivity index (χ2v) is 9.15. The van der Waals surface area contributed by atoms with Crippen LogP contribution in [0, 0.1) is 10.1 Å². The van der Waals surface area contributed by atoms with Crippen molar-refractivity contribution in [2.45, 2.75) is 26.4 Å². The molecule has 0 aromatic carbocycles. The van der Waals surface area contributed by atoms with Crippen molar-refractivity contribution in [2.75, 3.05) is 31.1 Å². The predicted octanol–water partition coefficient (Wildman–Crippen LogP) is 2.18. The number of nitro groups is 1. The van der Waals surface area contributed by atoms with E-state index in [1.807, 2.05) is 25.7 Å². The monoisotopic (exact) mass is 459 g/mol. The lowest BCUT2D eigenvalue weighted by Crippen LogP contribution is -2.50. The first-order valence-corrected chi connectivity index (χ1v) is 10.7. The normalized spacial score (nSPS) is 14.6. The molecule has 1 aliphatic rings. The Labute approximate surface area is 186 Å². The van der Waals surface area contributed by atoms with E-state index in [9.17, 15) is 19.7 Å². The summed E-state index contributed by atoms with van der Waals surface area (Å²) in [5.41, 5.74) is -0.652. The molecule has 0 radical (unpaired) electrons. The lowest BCUT2D eigenvalue weighted by Gasteiger charge is -2.36. The maximum Gasteiger partial charge on any atom is 0.410 e. The highest BCUT2D eigenvalue weighted by Crippen LogP contribution is 2.27. The molecule has 32 heavy (non-hydrogen) atoms. The van der Waals surface area contributed by atoms with E-state index in [2.05, 4.69) is 15.1 Å². The van der Waals surface area contributed by atoms with Crippen LogP contribution in [0.25, 0.3) is 15.5 Å². The first-order valence-electron chi connectivity index (χ1n) is 9.84. The molecular formula is C19H21N7O5S. The topological polar surface area (TPSA) is 136 Å². The third kappa shape index (κ3) is 4.51. The fraction of sp³-hybridized carbons (Fsp3) is 0.421. The van der Waals surface area contributed by atoms with Crippen LogP contribution in [0.3, 0.4) is 0 Å². The molecule has 4 rings (SSSR count). The van der Waals surface area contributed by atoms with Gasteiger partial charge in [-0.25, -0.2) is 9.78 Å². The molecule has 0 unspecified atom stereocenters. The molecule has 13 heteroatoms. The SMILES string of the molecule is CC(C)(C)OC(=O)N1CCN(c2cc(=O)n3nc(-c4cncc([N+](=O)[O-])c4)sc3n2)CC1. The average molecular weight is 459 g/mol. The molecular weight excluding hydrogens is 438 g/mol. The van der Waals surface area contributed by atoms with E-state index >= 15 is 0 Å². The van der Waals surface area contributed by atoms with Crippen LogP contribution in [0.4, 0.5) is 16.3 Å². The van der Waals surface area contributed by atoms with Crippen molar-refractivity contribution in [1.29, 1.82) is 0 Å². The van der Waals surface area contributed by atoms with E-state index in [0.29, 0.717) is 47.5 Å². The average Bonchev–Trinajstić information content (AvgIpc) is 3.18. The van der Waals surface area contributed by atoms with E-state index in [0.717, 1.165) is 17.5 Å². The molecule has 0 spiro atoms. The molecule has 1 aliphatic heterocycles. The summed E-state index contributed by atoms with van der Waals surface area (Å²) < 4.78 is 6.57. The smallest absolute Gasteiger partial charge is 0.410 e. The van der Waals surface area contributed by atoms with Crippen LogP contribution < -0.4 is 10.5 Å². The molecule has 3 aromatic rings. The van der Waals surface area contributed by atoms with E-state index in [1.54, 1.807) is 4.90 Å². The third-order valence-electron chi connectivity index (χ3n) is 4.67. The number of hydrogen-bond acceptors (Lipinski definition) is 10. The third-order valence-corrected chi connectivity index (χ3v) is 5.63. The minimum absolute atomic E-state index is 0.161. The van der Waals surface area contributed by atoms with Crippen LogP contribution in [0.15, 0.2) is 29.3 Å². The van der Waals surface area contributed by atoms with Crippen LogP contribution in [-0.4, -0.2) is 67.3 Å². The number of carbonyl (C=O) groups is 1. The van der Waals surface area contributed by atoms with Gasteiger partial charge in [-0.15, -0.1) is 0 Å². The van der Waals surface area contributed by atoms with Crippen LogP contribution >= 0.6 is 11.3 Å². The number of nitrogens with zero attached hydrogens (tertiary/aromatic N) is 7. The Balaban J connectivity index is 1.54. The quantitative estimate of drug-likeness (QED) is 0.426.